The normalized spacial score (nSPS) is 15.0. The average molecular weight is 526 g/mol. The Hall–Kier alpha value is -0.770. The molecular formula is C20H33ClIN3O3. The molecule has 1 aromatic rings. The number of nitrogens with one attached hydrogen (secondary N) is 2. The zero-order chi connectivity index (χ0) is 19.2. The number of nitrogens with zero attached hydrogens (tertiary/aromatic N) is 1. The lowest BCUT2D eigenvalue weighted by Gasteiger charge is -2.21. The van der Waals surface area contributed by atoms with E-state index in [0.717, 1.165) is 70.5 Å². The van der Waals surface area contributed by atoms with Crippen LogP contribution in [-0.4, -0.2) is 58.6 Å². The summed E-state index contributed by atoms with van der Waals surface area (Å²) in [7, 11) is 0. The summed E-state index contributed by atoms with van der Waals surface area (Å²) >= 11 is 5.86. The predicted octanol–water partition coefficient (Wildman–Crippen LogP) is 3.73. The molecule has 160 valence electrons. The Morgan fingerprint density at radius 2 is 1.93 bits per heavy atom. The van der Waals surface area contributed by atoms with Gasteiger partial charge in [-0.25, -0.2) is 0 Å². The van der Waals surface area contributed by atoms with Crippen LogP contribution in [0.4, 0.5) is 0 Å². The Kier molecular flexibility index (Phi) is 14.5. The molecule has 8 heteroatoms. The van der Waals surface area contributed by atoms with Crippen LogP contribution in [0, 0.1) is 5.92 Å². The van der Waals surface area contributed by atoms with Crippen LogP contribution in [-0.2, 0) is 9.47 Å². The van der Waals surface area contributed by atoms with Crippen molar-refractivity contribution in [2.24, 2.45) is 10.9 Å². The zero-order valence-electron chi connectivity index (χ0n) is 16.6. The molecule has 1 aliphatic rings. The highest BCUT2D eigenvalue weighted by Gasteiger charge is 2.13. The van der Waals surface area contributed by atoms with Crippen LogP contribution in [0.1, 0.15) is 26.2 Å². The minimum atomic E-state index is 0. The summed E-state index contributed by atoms with van der Waals surface area (Å²) in [5, 5.41) is 7.23. The summed E-state index contributed by atoms with van der Waals surface area (Å²) in [6, 6.07) is 7.36. The second-order valence-electron chi connectivity index (χ2n) is 6.47. The largest absolute Gasteiger partial charge is 0.492 e. The molecule has 0 unspecified atom stereocenters. The summed E-state index contributed by atoms with van der Waals surface area (Å²) in [5.74, 6) is 2.27. The molecule has 0 bridgehead atoms. The lowest BCUT2D eigenvalue weighted by molar-refractivity contribution is 0.0205. The highest BCUT2D eigenvalue weighted by Crippen LogP contribution is 2.15. The maximum atomic E-state index is 5.86. The van der Waals surface area contributed by atoms with Crippen LogP contribution in [0.25, 0.3) is 0 Å². The third-order valence-electron chi connectivity index (χ3n) is 4.23. The molecule has 0 saturated carbocycles. The van der Waals surface area contributed by atoms with E-state index in [1.165, 1.54) is 0 Å². The summed E-state index contributed by atoms with van der Waals surface area (Å²) in [6.07, 6.45) is 3.15. The van der Waals surface area contributed by atoms with E-state index in [1.54, 1.807) is 0 Å². The first-order valence-electron chi connectivity index (χ1n) is 9.84. The molecule has 2 N–H and O–H groups in total. The van der Waals surface area contributed by atoms with Gasteiger partial charge in [-0.2, -0.15) is 0 Å². The van der Waals surface area contributed by atoms with E-state index in [2.05, 4.69) is 22.5 Å². The average Bonchev–Trinajstić information content (AvgIpc) is 2.70. The van der Waals surface area contributed by atoms with E-state index in [1.807, 2.05) is 24.3 Å². The van der Waals surface area contributed by atoms with Crippen molar-refractivity contribution in [2.45, 2.75) is 26.2 Å². The van der Waals surface area contributed by atoms with Crippen molar-refractivity contribution in [3.8, 4) is 5.75 Å². The van der Waals surface area contributed by atoms with E-state index in [0.29, 0.717) is 24.1 Å². The molecule has 1 aromatic carbocycles. The van der Waals surface area contributed by atoms with Gasteiger partial charge in [0.15, 0.2) is 5.96 Å². The molecule has 6 nitrogen and oxygen atoms in total. The number of aliphatic imine (C=N–C) groups is 1. The predicted molar refractivity (Wildman–Crippen MR) is 125 cm³/mol. The van der Waals surface area contributed by atoms with Crippen LogP contribution in [0.3, 0.4) is 0 Å². The smallest absolute Gasteiger partial charge is 0.191 e. The first kappa shape index (κ1) is 25.3. The summed E-state index contributed by atoms with van der Waals surface area (Å²) in [4.78, 5) is 4.58. The Morgan fingerprint density at radius 1 is 1.18 bits per heavy atom. The van der Waals surface area contributed by atoms with Gasteiger partial charge in [0.2, 0.25) is 0 Å². The second-order valence-corrected chi connectivity index (χ2v) is 6.91. The molecular weight excluding hydrogens is 493 g/mol. The standard InChI is InChI=1S/C20H32ClN3O3.HI/c1-2-22-20(24-11-15-27-19-6-4-18(21)5-7-19)23-10-3-12-26-16-17-8-13-25-14-9-17;/h4-7,17H,2-3,8-16H2,1H3,(H2,22,23,24);1H. The minimum Gasteiger partial charge on any atom is -0.492 e. The second kappa shape index (κ2) is 16.1. The molecule has 1 aliphatic heterocycles. The van der Waals surface area contributed by atoms with E-state index in [-0.39, 0.29) is 24.0 Å². The molecule has 0 spiro atoms. The fourth-order valence-corrected chi connectivity index (χ4v) is 2.86. The number of benzene rings is 1. The van der Waals surface area contributed by atoms with Gasteiger partial charge in [-0.15, -0.1) is 24.0 Å². The molecule has 2 rings (SSSR count). The SMILES string of the molecule is CCNC(=NCCCOCC1CCOCC1)NCCOc1ccc(Cl)cc1.I. The number of ether oxygens (including phenoxy) is 3. The summed E-state index contributed by atoms with van der Waals surface area (Å²) < 4.78 is 16.8. The van der Waals surface area contributed by atoms with Gasteiger partial charge in [0, 0.05) is 44.5 Å². The van der Waals surface area contributed by atoms with Crippen molar-refractivity contribution in [1.82, 2.24) is 10.6 Å². The van der Waals surface area contributed by atoms with Crippen molar-refractivity contribution < 1.29 is 14.2 Å². The van der Waals surface area contributed by atoms with Crippen LogP contribution < -0.4 is 15.4 Å². The molecule has 0 amide bonds. The Bertz CT molecular complexity index is 540. The van der Waals surface area contributed by atoms with Crippen molar-refractivity contribution in [2.75, 3.05) is 52.7 Å². The van der Waals surface area contributed by atoms with E-state index in [9.17, 15) is 0 Å². The van der Waals surface area contributed by atoms with E-state index >= 15 is 0 Å². The van der Waals surface area contributed by atoms with Crippen LogP contribution in [0.15, 0.2) is 29.3 Å². The first-order chi connectivity index (χ1) is 13.3. The van der Waals surface area contributed by atoms with Crippen molar-refractivity contribution in [1.29, 1.82) is 0 Å². The van der Waals surface area contributed by atoms with Gasteiger partial charge in [0.05, 0.1) is 6.54 Å². The fraction of sp³-hybridized carbons (Fsp3) is 0.650. The van der Waals surface area contributed by atoms with Gasteiger partial charge in [0.25, 0.3) is 0 Å². The molecule has 0 aromatic heterocycles. The number of hydrogen-bond donors (Lipinski definition) is 2. The number of guanidine groups is 1. The lowest BCUT2D eigenvalue weighted by atomic mass is 10.0. The molecule has 0 aliphatic carbocycles. The number of rotatable bonds is 11. The molecule has 1 heterocycles. The molecule has 1 saturated heterocycles. The zero-order valence-corrected chi connectivity index (χ0v) is 19.7. The first-order valence-corrected chi connectivity index (χ1v) is 10.2. The van der Waals surface area contributed by atoms with E-state index < -0.39 is 0 Å². The fourth-order valence-electron chi connectivity index (χ4n) is 2.73. The van der Waals surface area contributed by atoms with Crippen molar-refractivity contribution in [3.05, 3.63) is 29.3 Å². The number of hydrogen-bond acceptors (Lipinski definition) is 4. The van der Waals surface area contributed by atoms with Gasteiger partial charge < -0.3 is 24.8 Å². The van der Waals surface area contributed by atoms with Crippen molar-refractivity contribution in [3.63, 3.8) is 0 Å². The molecule has 0 atom stereocenters. The van der Waals surface area contributed by atoms with Gasteiger partial charge >= 0.3 is 0 Å². The van der Waals surface area contributed by atoms with Gasteiger partial charge in [0.1, 0.15) is 12.4 Å². The third kappa shape index (κ3) is 11.3. The summed E-state index contributed by atoms with van der Waals surface area (Å²) in [5.41, 5.74) is 0. The highest BCUT2D eigenvalue weighted by molar-refractivity contribution is 14.0. The molecule has 28 heavy (non-hydrogen) atoms. The van der Waals surface area contributed by atoms with E-state index in [4.69, 9.17) is 25.8 Å². The lowest BCUT2D eigenvalue weighted by Crippen LogP contribution is -2.39. The van der Waals surface area contributed by atoms with Gasteiger partial charge in [-0.05, 0) is 56.4 Å². The Morgan fingerprint density at radius 3 is 2.64 bits per heavy atom. The monoisotopic (exact) mass is 525 g/mol. The topological polar surface area (TPSA) is 64.1 Å². The quantitative estimate of drug-likeness (QED) is 0.200. The third-order valence-corrected chi connectivity index (χ3v) is 4.48. The van der Waals surface area contributed by atoms with Crippen molar-refractivity contribution >= 4 is 41.5 Å². The maximum absolute atomic E-state index is 5.86. The Balaban J connectivity index is 0.00000392. The van der Waals surface area contributed by atoms with Gasteiger partial charge in [-0.3, -0.25) is 4.99 Å². The highest BCUT2D eigenvalue weighted by atomic mass is 127. The maximum Gasteiger partial charge on any atom is 0.191 e. The Labute approximate surface area is 190 Å². The van der Waals surface area contributed by atoms with Crippen LogP contribution in [0.5, 0.6) is 5.75 Å². The van der Waals surface area contributed by atoms with Crippen LogP contribution in [0.2, 0.25) is 5.02 Å². The minimum absolute atomic E-state index is 0. The van der Waals surface area contributed by atoms with Crippen LogP contribution >= 0.6 is 35.6 Å². The molecule has 1 fully saturated rings. The number of halogens is 2. The summed E-state index contributed by atoms with van der Waals surface area (Å²) in [6.45, 7) is 8.18. The van der Waals surface area contributed by atoms with Gasteiger partial charge in [-0.1, -0.05) is 11.6 Å². The molecule has 0 radical (unpaired) electrons.